The minimum Gasteiger partial charge on any atom is -0.310 e. The largest absolute Gasteiger partial charge is 0.310 e. The Kier molecular flexibility index (Phi) is 9.06. The summed E-state index contributed by atoms with van der Waals surface area (Å²) in [6, 6.07) is 88.5. The van der Waals surface area contributed by atoms with E-state index in [1.165, 1.54) is 75.4 Å². The smallest absolute Gasteiger partial charge is 0.0561 e. The molecular formula is C60H40N2S. The SMILES string of the molecule is c1ccc(-c2ccccc2-c2ccccc2-c2ccccc2N(c2ccc(-c3ccc4sc5ccccc5c4c3)cc2)c2ccc3c4ccccc4n(-c4ccccc4)c3c2)cc1. The summed E-state index contributed by atoms with van der Waals surface area (Å²) < 4.78 is 5.04. The van der Waals surface area contributed by atoms with E-state index in [4.69, 9.17) is 0 Å². The van der Waals surface area contributed by atoms with Crippen molar-refractivity contribution < 1.29 is 0 Å². The molecule has 0 spiro atoms. The molecule has 0 saturated heterocycles. The second-order valence-corrected chi connectivity index (χ2v) is 17.1. The van der Waals surface area contributed by atoms with Crippen LogP contribution in [0, 0.1) is 0 Å². The summed E-state index contributed by atoms with van der Waals surface area (Å²) in [5.41, 5.74) is 16.3. The third kappa shape index (κ3) is 6.41. The summed E-state index contributed by atoms with van der Waals surface area (Å²) in [6.07, 6.45) is 0. The molecule has 10 aromatic carbocycles. The van der Waals surface area contributed by atoms with Gasteiger partial charge in [0, 0.05) is 53.6 Å². The Hall–Kier alpha value is -7.98. The van der Waals surface area contributed by atoms with Gasteiger partial charge in [-0.25, -0.2) is 0 Å². The molecule has 63 heavy (non-hydrogen) atoms. The van der Waals surface area contributed by atoms with Gasteiger partial charge in [0.15, 0.2) is 0 Å². The van der Waals surface area contributed by atoms with E-state index in [0.29, 0.717) is 0 Å². The first-order valence-corrected chi connectivity index (χ1v) is 22.3. The number of aromatic nitrogens is 1. The molecule has 0 amide bonds. The van der Waals surface area contributed by atoms with Crippen LogP contribution in [0.15, 0.2) is 243 Å². The number of rotatable bonds is 8. The first kappa shape index (κ1) is 36.8. The fraction of sp³-hybridized carbons (Fsp3) is 0. The van der Waals surface area contributed by atoms with Crippen molar-refractivity contribution >= 4 is 70.4 Å². The van der Waals surface area contributed by atoms with E-state index in [-0.39, 0.29) is 0 Å². The minimum atomic E-state index is 1.08. The lowest BCUT2D eigenvalue weighted by atomic mass is 9.88. The molecule has 3 heteroatoms. The molecule has 12 aromatic rings. The Bertz CT molecular complexity index is 3620. The van der Waals surface area contributed by atoms with Gasteiger partial charge in [0.25, 0.3) is 0 Å². The van der Waals surface area contributed by atoms with Crippen molar-refractivity contribution in [1.29, 1.82) is 0 Å². The van der Waals surface area contributed by atoms with Crippen molar-refractivity contribution in [3.8, 4) is 50.2 Å². The monoisotopic (exact) mass is 820 g/mol. The molecule has 0 aliphatic rings. The second kappa shape index (κ2) is 15.5. The van der Waals surface area contributed by atoms with Crippen LogP contribution >= 0.6 is 11.3 Å². The molecule has 2 aromatic heterocycles. The topological polar surface area (TPSA) is 8.17 Å². The molecule has 0 fully saturated rings. The summed E-state index contributed by atoms with van der Waals surface area (Å²) in [4.78, 5) is 2.45. The van der Waals surface area contributed by atoms with Gasteiger partial charge in [0.1, 0.15) is 0 Å². The van der Waals surface area contributed by atoms with E-state index in [2.05, 4.69) is 252 Å². The van der Waals surface area contributed by atoms with Gasteiger partial charge in [-0.1, -0.05) is 176 Å². The number of thiophene rings is 1. The average molecular weight is 821 g/mol. The molecule has 296 valence electrons. The number of benzene rings is 10. The zero-order chi connectivity index (χ0) is 41.7. The molecular weight excluding hydrogens is 781 g/mol. The first-order valence-electron chi connectivity index (χ1n) is 21.5. The fourth-order valence-corrected chi connectivity index (χ4v) is 10.6. The molecule has 0 saturated carbocycles. The maximum absolute atomic E-state index is 2.45. The lowest BCUT2D eigenvalue weighted by Gasteiger charge is -2.29. The van der Waals surface area contributed by atoms with Crippen LogP contribution in [0.5, 0.6) is 0 Å². The van der Waals surface area contributed by atoms with Crippen LogP contribution in [0.1, 0.15) is 0 Å². The molecule has 0 aliphatic heterocycles. The van der Waals surface area contributed by atoms with E-state index >= 15 is 0 Å². The van der Waals surface area contributed by atoms with Crippen molar-refractivity contribution in [2.24, 2.45) is 0 Å². The maximum atomic E-state index is 2.45. The Labute approximate surface area is 370 Å². The molecule has 0 unspecified atom stereocenters. The molecule has 2 heterocycles. The van der Waals surface area contributed by atoms with E-state index in [1.807, 2.05) is 11.3 Å². The number of fused-ring (bicyclic) bond motifs is 6. The van der Waals surface area contributed by atoms with E-state index in [0.717, 1.165) is 33.8 Å². The summed E-state index contributed by atoms with van der Waals surface area (Å²) in [6.45, 7) is 0. The predicted octanol–water partition coefficient (Wildman–Crippen LogP) is 17.3. The summed E-state index contributed by atoms with van der Waals surface area (Å²) in [5, 5.41) is 5.08. The first-order chi connectivity index (χ1) is 31.3. The van der Waals surface area contributed by atoms with Gasteiger partial charge in [-0.2, -0.15) is 0 Å². The highest BCUT2D eigenvalue weighted by Gasteiger charge is 2.22. The van der Waals surface area contributed by atoms with Crippen molar-refractivity contribution in [3.05, 3.63) is 243 Å². The quantitative estimate of drug-likeness (QED) is 0.148. The Morgan fingerprint density at radius 3 is 1.62 bits per heavy atom. The van der Waals surface area contributed by atoms with Gasteiger partial charge in [-0.05, 0) is 106 Å². The number of anilines is 3. The number of para-hydroxylation sites is 3. The molecule has 0 radical (unpaired) electrons. The van der Waals surface area contributed by atoms with Gasteiger partial charge in [-0.15, -0.1) is 11.3 Å². The Morgan fingerprint density at radius 2 is 0.841 bits per heavy atom. The van der Waals surface area contributed by atoms with Gasteiger partial charge in [0.2, 0.25) is 0 Å². The Morgan fingerprint density at radius 1 is 0.302 bits per heavy atom. The fourth-order valence-electron chi connectivity index (χ4n) is 9.53. The van der Waals surface area contributed by atoms with Gasteiger partial charge in [0.05, 0.1) is 16.7 Å². The summed E-state index contributed by atoms with van der Waals surface area (Å²) >= 11 is 1.86. The van der Waals surface area contributed by atoms with Crippen LogP contribution in [0.4, 0.5) is 17.1 Å². The van der Waals surface area contributed by atoms with Crippen molar-refractivity contribution in [1.82, 2.24) is 4.57 Å². The predicted molar refractivity (Wildman–Crippen MR) is 270 cm³/mol. The number of hydrogen-bond acceptors (Lipinski definition) is 2. The lowest BCUT2D eigenvalue weighted by molar-refractivity contribution is 1.18. The van der Waals surface area contributed by atoms with E-state index in [1.54, 1.807) is 0 Å². The molecule has 0 N–H and O–H groups in total. The molecule has 2 nitrogen and oxygen atoms in total. The summed E-state index contributed by atoms with van der Waals surface area (Å²) in [5.74, 6) is 0. The van der Waals surface area contributed by atoms with Gasteiger partial charge in [-0.3, -0.25) is 0 Å². The molecule has 0 atom stereocenters. The highest BCUT2D eigenvalue weighted by atomic mass is 32.1. The number of nitrogens with zero attached hydrogens (tertiary/aromatic N) is 2. The second-order valence-electron chi connectivity index (χ2n) is 16.1. The van der Waals surface area contributed by atoms with Crippen molar-refractivity contribution in [2.75, 3.05) is 4.90 Å². The molecule has 12 rings (SSSR count). The van der Waals surface area contributed by atoms with Crippen LogP contribution in [0.2, 0.25) is 0 Å². The lowest BCUT2D eigenvalue weighted by Crippen LogP contribution is -2.11. The number of hydrogen-bond donors (Lipinski definition) is 0. The Balaban J connectivity index is 1.06. The molecule has 0 bridgehead atoms. The third-order valence-electron chi connectivity index (χ3n) is 12.4. The molecule has 0 aliphatic carbocycles. The van der Waals surface area contributed by atoms with E-state index < -0.39 is 0 Å². The van der Waals surface area contributed by atoms with Gasteiger partial charge < -0.3 is 9.47 Å². The normalized spacial score (nSPS) is 11.5. The minimum absolute atomic E-state index is 1.08. The van der Waals surface area contributed by atoms with Crippen molar-refractivity contribution in [2.45, 2.75) is 0 Å². The van der Waals surface area contributed by atoms with Crippen molar-refractivity contribution in [3.63, 3.8) is 0 Å². The summed E-state index contributed by atoms with van der Waals surface area (Å²) in [7, 11) is 0. The van der Waals surface area contributed by atoms with Gasteiger partial charge >= 0.3 is 0 Å². The van der Waals surface area contributed by atoms with Crippen LogP contribution in [0.25, 0.3) is 92.2 Å². The van der Waals surface area contributed by atoms with Crippen LogP contribution < -0.4 is 4.90 Å². The highest BCUT2D eigenvalue weighted by molar-refractivity contribution is 7.25. The zero-order valence-corrected chi connectivity index (χ0v) is 35.2. The highest BCUT2D eigenvalue weighted by Crippen LogP contribution is 2.47. The average Bonchev–Trinajstić information content (AvgIpc) is 3.90. The maximum Gasteiger partial charge on any atom is 0.0561 e. The van der Waals surface area contributed by atoms with Crippen LogP contribution in [-0.2, 0) is 0 Å². The zero-order valence-electron chi connectivity index (χ0n) is 34.4. The third-order valence-corrected chi connectivity index (χ3v) is 13.6. The van der Waals surface area contributed by atoms with Crippen LogP contribution in [-0.4, -0.2) is 4.57 Å². The standard InChI is InChI=1S/C60H40N2S/c1-3-17-42(18-4-1)47-21-7-8-22-48(47)49-23-9-10-24-50(49)51-25-11-14-28-56(51)61(45-34-31-41(32-35-45)43-33-38-60-55(39-43)54-27-13-16-30-59(54)63-60)46-36-37-53-52-26-12-15-29-57(52)62(58(53)40-46)44-19-5-2-6-20-44/h1-40H. The van der Waals surface area contributed by atoms with Crippen LogP contribution in [0.3, 0.4) is 0 Å². The van der Waals surface area contributed by atoms with E-state index in [9.17, 15) is 0 Å².